The molecular formula is C22H22N4O4S. The number of anilines is 1. The number of rotatable bonds is 5. The summed E-state index contributed by atoms with van der Waals surface area (Å²) in [5.41, 5.74) is 2.96. The molecule has 0 saturated carbocycles. The van der Waals surface area contributed by atoms with Crippen LogP contribution in [0.2, 0.25) is 0 Å². The Bertz CT molecular complexity index is 1220. The topological polar surface area (TPSA) is 103 Å². The Morgan fingerprint density at radius 1 is 1.13 bits per heavy atom. The number of amides is 1. The van der Waals surface area contributed by atoms with Crippen LogP contribution >= 0.6 is 0 Å². The van der Waals surface area contributed by atoms with E-state index in [9.17, 15) is 13.2 Å². The van der Waals surface area contributed by atoms with Crippen molar-refractivity contribution in [1.29, 1.82) is 0 Å². The minimum Gasteiger partial charge on any atom is -0.439 e. The number of carbonyl (C=O) groups excluding carboxylic acids is 1. The van der Waals surface area contributed by atoms with Gasteiger partial charge in [-0.25, -0.2) is 13.4 Å². The van der Waals surface area contributed by atoms with Gasteiger partial charge >= 0.3 is 0 Å². The number of nitrogens with one attached hydrogen (secondary N) is 1. The Labute approximate surface area is 180 Å². The Kier molecular flexibility index (Phi) is 4.97. The van der Waals surface area contributed by atoms with Gasteiger partial charge in [-0.2, -0.15) is 5.10 Å². The molecule has 1 N–H and O–H groups in total. The number of fused-ring (bicyclic) bond motifs is 1. The van der Waals surface area contributed by atoms with E-state index in [0.717, 1.165) is 30.5 Å². The third-order valence-electron chi connectivity index (χ3n) is 5.67. The molecule has 2 aromatic heterocycles. The fourth-order valence-corrected chi connectivity index (χ4v) is 5.90. The van der Waals surface area contributed by atoms with Crippen LogP contribution in [-0.4, -0.2) is 40.6 Å². The van der Waals surface area contributed by atoms with Crippen LogP contribution in [0.15, 0.2) is 48.7 Å². The quantitative estimate of drug-likeness (QED) is 0.656. The highest BCUT2D eigenvalue weighted by atomic mass is 32.2. The monoisotopic (exact) mass is 438 g/mol. The van der Waals surface area contributed by atoms with Crippen molar-refractivity contribution in [3.8, 4) is 11.6 Å². The van der Waals surface area contributed by atoms with Gasteiger partial charge < -0.3 is 10.1 Å². The molecule has 1 aromatic carbocycles. The number of nitrogens with zero attached hydrogens (tertiary/aromatic N) is 3. The van der Waals surface area contributed by atoms with Gasteiger partial charge in [-0.05, 0) is 56.0 Å². The fourth-order valence-electron chi connectivity index (χ4n) is 4.21. The molecule has 5 rings (SSSR count). The zero-order chi connectivity index (χ0) is 21.4. The second-order valence-corrected chi connectivity index (χ2v) is 10.1. The summed E-state index contributed by atoms with van der Waals surface area (Å²) in [6.07, 6.45) is 4.71. The van der Waals surface area contributed by atoms with Crippen LogP contribution in [0, 0.1) is 0 Å². The highest BCUT2D eigenvalue weighted by Gasteiger charge is 2.35. The molecule has 1 atom stereocenters. The van der Waals surface area contributed by atoms with Crippen LogP contribution in [0.3, 0.4) is 0 Å². The Morgan fingerprint density at radius 3 is 2.68 bits per heavy atom. The molecule has 1 saturated heterocycles. The number of ether oxygens (including phenoxy) is 1. The molecule has 0 bridgehead atoms. The predicted molar refractivity (Wildman–Crippen MR) is 115 cm³/mol. The van der Waals surface area contributed by atoms with E-state index in [4.69, 9.17) is 4.74 Å². The minimum absolute atomic E-state index is 0.0351. The van der Waals surface area contributed by atoms with Crippen molar-refractivity contribution in [2.45, 2.75) is 31.7 Å². The largest absolute Gasteiger partial charge is 0.439 e. The third-order valence-corrected chi connectivity index (χ3v) is 7.42. The molecule has 3 aromatic rings. The molecule has 31 heavy (non-hydrogen) atoms. The third kappa shape index (κ3) is 4.05. The van der Waals surface area contributed by atoms with E-state index >= 15 is 0 Å². The smallest absolute Gasteiger partial charge is 0.274 e. The van der Waals surface area contributed by atoms with Gasteiger partial charge in [0.05, 0.1) is 23.2 Å². The number of hydrogen-bond donors (Lipinski definition) is 1. The Morgan fingerprint density at radius 2 is 1.97 bits per heavy atom. The second kappa shape index (κ2) is 7.81. The number of sulfone groups is 1. The molecule has 1 aliphatic carbocycles. The summed E-state index contributed by atoms with van der Waals surface area (Å²) in [5, 5.41) is 7.56. The van der Waals surface area contributed by atoms with Crippen LogP contribution in [0.5, 0.6) is 11.6 Å². The zero-order valence-corrected chi connectivity index (χ0v) is 17.6. The number of benzene rings is 1. The summed E-state index contributed by atoms with van der Waals surface area (Å²) in [5.74, 6) is 1.01. The summed E-state index contributed by atoms with van der Waals surface area (Å²) in [4.78, 5) is 17.3. The highest BCUT2D eigenvalue weighted by Crippen LogP contribution is 2.32. The van der Waals surface area contributed by atoms with E-state index < -0.39 is 9.84 Å². The van der Waals surface area contributed by atoms with Gasteiger partial charge in [0, 0.05) is 23.5 Å². The first-order valence-electron chi connectivity index (χ1n) is 10.3. The normalized spacial score (nSPS) is 19.2. The van der Waals surface area contributed by atoms with Crippen LogP contribution in [0.4, 0.5) is 5.69 Å². The standard InChI is InChI=1S/C22H22N4O4S/c27-22(24-15-7-9-17(10-8-15)30-20-6-1-2-12-23-20)21-18-4-3-5-19(18)25-26(21)16-11-13-31(28,29)14-16/h1-2,6-10,12,16H,3-5,11,13-14H2,(H,24,27)/t16-/m0/s1. The van der Waals surface area contributed by atoms with Crippen molar-refractivity contribution in [3.63, 3.8) is 0 Å². The molecule has 1 aliphatic heterocycles. The fraction of sp³-hybridized carbons (Fsp3) is 0.318. The van der Waals surface area contributed by atoms with Crippen LogP contribution in [0.1, 0.15) is 40.6 Å². The molecule has 1 amide bonds. The average Bonchev–Trinajstić information content (AvgIpc) is 3.44. The summed E-state index contributed by atoms with van der Waals surface area (Å²) in [6, 6.07) is 12.2. The summed E-state index contributed by atoms with van der Waals surface area (Å²) < 4.78 is 31.3. The molecule has 160 valence electrons. The molecular weight excluding hydrogens is 416 g/mol. The number of hydrogen-bond acceptors (Lipinski definition) is 6. The van der Waals surface area contributed by atoms with Gasteiger partial charge in [0.15, 0.2) is 9.84 Å². The van der Waals surface area contributed by atoms with Crippen molar-refractivity contribution in [3.05, 3.63) is 65.6 Å². The number of pyridine rings is 1. The van der Waals surface area contributed by atoms with Crippen molar-refractivity contribution < 1.29 is 17.9 Å². The maximum absolute atomic E-state index is 13.2. The minimum atomic E-state index is -3.08. The maximum atomic E-state index is 13.2. The average molecular weight is 439 g/mol. The first-order valence-corrected chi connectivity index (χ1v) is 12.1. The lowest BCUT2D eigenvalue weighted by atomic mass is 10.1. The van der Waals surface area contributed by atoms with Gasteiger partial charge in [0.25, 0.3) is 5.91 Å². The Balaban J connectivity index is 1.36. The molecule has 8 nitrogen and oxygen atoms in total. The van der Waals surface area contributed by atoms with Crippen molar-refractivity contribution in [1.82, 2.24) is 14.8 Å². The number of aromatic nitrogens is 3. The lowest BCUT2D eigenvalue weighted by Gasteiger charge is -2.15. The summed E-state index contributed by atoms with van der Waals surface area (Å²) in [6.45, 7) is 0. The molecule has 0 radical (unpaired) electrons. The molecule has 2 aliphatic rings. The van der Waals surface area contributed by atoms with Gasteiger partial charge in [-0.3, -0.25) is 9.48 Å². The lowest BCUT2D eigenvalue weighted by molar-refractivity contribution is 0.101. The lowest BCUT2D eigenvalue weighted by Crippen LogP contribution is -2.23. The molecule has 1 fully saturated rings. The van der Waals surface area contributed by atoms with E-state index in [1.807, 2.05) is 12.1 Å². The van der Waals surface area contributed by atoms with Gasteiger partial charge in [0.1, 0.15) is 11.4 Å². The molecule has 0 spiro atoms. The second-order valence-electron chi connectivity index (χ2n) is 7.88. The van der Waals surface area contributed by atoms with E-state index in [1.54, 1.807) is 41.2 Å². The van der Waals surface area contributed by atoms with Crippen LogP contribution < -0.4 is 10.1 Å². The predicted octanol–water partition coefficient (Wildman–Crippen LogP) is 3.17. The summed E-state index contributed by atoms with van der Waals surface area (Å²) >= 11 is 0. The van der Waals surface area contributed by atoms with Crippen LogP contribution in [0.25, 0.3) is 0 Å². The van der Waals surface area contributed by atoms with E-state index in [1.165, 1.54) is 0 Å². The number of carbonyl (C=O) groups is 1. The molecule has 9 heteroatoms. The zero-order valence-electron chi connectivity index (χ0n) is 16.8. The van der Waals surface area contributed by atoms with E-state index in [0.29, 0.717) is 29.4 Å². The molecule has 3 heterocycles. The van der Waals surface area contributed by atoms with Gasteiger partial charge in [0.2, 0.25) is 5.88 Å². The SMILES string of the molecule is O=C(Nc1ccc(Oc2ccccn2)cc1)c1c2c(nn1[C@H]1CCS(=O)(=O)C1)CCC2. The highest BCUT2D eigenvalue weighted by molar-refractivity contribution is 7.91. The van der Waals surface area contributed by atoms with E-state index in [2.05, 4.69) is 15.4 Å². The number of aryl methyl sites for hydroxylation is 1. The maximum Gasteiger partial charge on any atom is 0.274 e. The van der Waals surface area contributed by atoms with Crippen molar-refractivity contribution >= 4 is 21.4 Å². The Hall–Kier alpha value is -3.20. The first-order chi connectivity index (χ1) is 15.0. The van der Waals surface area contributed by atoms with Gasteiger partial charge in [-0.1, -0.05) is 6.07 Å². The summed E-state index contributed by atoms with van der Waals surface area (Å²) in [7, 11) is -3.08. The first kappa shape index (κ1) is 19.7. The van der Waals surface area contributed by atoms with Crippen LogP contribution in [-0.2, 0) is 22.7 Å². The van der Waals surface area contributed by atoms with E-state index in [-0.39, 0.29) is 23.5 Å². The van der Waals surface area contributed by atoms with Gasteiger partial charge in [-0.15, -0.1) is 0 Å². The molecule has 0 unspecified atom stereocenters. The van der Waals surface area contributed by atoms with Crippen molar-refractivity contribution in [2.24, 2.45) is 0 Å². The van der Waals surface area contributed by atoms with Crippen molar-refractivity contribution in [2.75, 3.05) is 16.8 Å².